The van der Waals surface area contributed by atoms with Gasteiger partial charge < -0.3 is 19.9 Å². The molecule has 1 aliphatic rings. The Balaban J connectivity index is 1.90. The number of rotatable bonds is 7. The number of likely N-dealkylation sites (N-methyl/N-ethyl adjacent to an activating group) is 1. The third-order valence-corrected chi connectivity index (χ3v) is 4.13. The number of benzene rings is 1. The second kappa shape index (κ2) is 8.24. The number of nitrogens with zero attached hydrogens (tertiary/aromatic N) is 2. The highest BCUT2D eigenvalue weighted by molar-refractivity contribution is 5.89. The van der Waals surface area contributed by atoms with Gasteiger partial charge in [-0.2, -0.15) is 0 Å². The summed E-state index contributed by atoms with van der Waals surface area (Å²) in [5.74, 6) is -2.88. The van der Waals surface area contributed by atoms with E-state index >= 15 is 0 Å². The zero-order valence-electron chi connectivity index (χ0n) is 14.6. The molecule has 0 unspecified atom stereocenters. The van der Waals surface area contributed by atoms with Crippen LogP contribution in [0, 0.1) is 17.6 Å². The molecule has 1 aromatic carbocycles. The molecule has 2 rings (SSSR count). The van der Waals surface area contributed by atoms with Crippen molar-refractivity contribution in [3.63, 3.8) is 0 Å². The molecule has 8 heteroatoms. The molecule has 2 amide bonds. The number of methoxy groups -OCH3 is 1. The third kappa shape index (κ3) is 4.88. The Hall–Kier alpha value is -2.22. The molecule has 0 spiro atoms. The monoisotopic (exact) mass is 355 g/mol. The molecule has 6 nitrogen and oxygen atoms in total. The average molecular weight is 355 g/mol. The second-order valence-electron chi connectivity index (χ2n) is 6.35. The van der Waals surface area contributed by atoms with E-state index in [0.717, 1.165) is 18.7 Å². The van der Waals surface area contributed by atoms with Crippen LogP contribution in [-0.4, -0.2) is 62.5 Å². The van der Waals surface area contributed by atoms with Crippen LogP contribution in [0.15, 0.2) is 12.1 Å². The fraction of sp³-hybridized carbons (Fsp3) is 0.529. The predicted octanol–water partition coefficient (Wildman–Crippen LogP) is 1.000. The Morgan fingerprint density at radius 3 is 2.56 bits per heavy atom. The lowest BCUT2D eigenvalue weighted by molar-refractivity contribution is -0.129. The Kier molecular flexibility index (Phi) is 6.30. The molecular weight excluding hydrogens is 332 g/mol. The second-order valence-corrected chi connectivity index (χ2v) is 6.35. The van der Waals surface area contributed by atoms with E-state index in [1.807, 2.05) is 19.0 Å². The first-order chi connectivity index (χ1) is 11.8. The lowest BCUT2D eigenvalue weighted by atomic mass is 10.1. The summed E-state index contributed by atoms with van der Waals surface area (Å²) in [7, 11) is 5.01. The van der Waals surface area contributed by atoms with E-state index < -0.39 is 23.3 Å². The lowest BCUT2D eigenvalue weighted by Crippen LogP contribution is -2.35. The number of halogens is 2. The minimum absolute atomic E-state index is 0.0148. The molecule has 1 heterocycles. The van der Waals surface area contributed by atoms with Crippen LogP contribution in [0.1, 0.15) is 12.0 Å². The Morgan fingerprint density at radius 2 is 2.00 bits per heavy atom. The summed E-state index contributed by atoms with van der Waals surface area (Å²) in [6, 6.07) is 2.23. The number of hydrogen-bond acceptors (Lipinski definition) is 4. The maximum atomic E-state index is 13.7. The van der Waals surface area contributed by atoms with Gasteiger partial charge in [0.2, 0.25) is 11.8 Å². The Bertz CT molecular complexity index is 629. The van der Waals surface area contributed by atoms with E-state index in [1.54, 1.807) is 4.90 Å². The van der Waals surface area contributed by atoms with Gasteiger partial charge in [-0.3, -0.25) is 9.59 Å². The number of nitrogens with one attached hydrogen (secondary N) is 1. The van der Waals surface area contributed by atoms with Crippen molar-refractivity contribution in [3.05, 3.63) is 29.3 Å². The van der Waals surface area contributed by atoms with Crippen molar-refractivity contribution in [1.82, 2.24) is 15.1 Å². The zero-order chi connectivity index (χ0) is 18.6. The van der Waals surface area contributed by atoms with Crippen LogP contribution in [0.4, 0.5) is 8.78 Å². The summed E-state index contributed by atoms with van der Waals surface area (Å²) in [4.78, 5) is 27.8. The van der Waals surface area contributed by atoms with Crippen molar-refractivity contribution in [3.8, 4) is 5.75 Å². The maximum Gasteiger partial charge on any atom is 0.225 e. The van der Waals surface area contributed by atoms with E-state index in [9.17, 15) is 18.4 Å². The van der Waals surface area contributed by atoms with Crippen molar-refractivity contribution in [2.24, 2.45) is 5.92 Å². The van der Waals surface area contributed by atoms with Gasteiger partial charge in [-0.05, 0) is 31.8 Å². The number of hydrogen-bond donors (Lipinski definition) is 1. The van der Waals surface area contributed by atoms with Crippen LogP contribution in [0.25, 0.3) is 0 Å². The predicted molar refractivity (Wildman–Crippen MR) is 88.0 cm³/mol. The van der Waals surface area contributed by atoms with Gasteiger partial charge in [0, 0.05) is 32.6 Å². The summed E-state index contributed by atoms with van der Waals surface area (Å²) < 4.78 is 31.9. The van der Waals surface area contributed by atoms with Crippen molar-refractivity contribution in [2.45, 2.75) is 13.0 Å². The molecule has 1 atom stereocenters. The van der Waals surface area contributed by atoms with Crippen LogP contribution in [0.3, 0.4) is 0 Å². The Morgan fingerprint density at radius 1 is 1.36 bits per heavy atom. The molecule has 138 valence electrons. The highest BCUT2D eigenvalue weighted by atomic mass is 19.1. The Labute approximate surface area is 145 Å². The molecule has 1 saturated heterocycles. The van der Waals surface area contributed by atoms with Crippen LogP contribution >= 0.6 is 0 Å². The van der Waals surface area contributed by atoms with E-state index in [-0.39, 0.29) is 30.3 Å². The third-order valence-electron chi connectivity index (χ3n) is 4.13. The van der Waals surface area contributed by atoms with Crippen molar-refractivity contribution >= 4 is 11.8 Å². The van der Waals surface area contributed by atoms with Crippen LogP contribution in [0.2, 0.25) is 0 Å². The molecule has 1 fully saturated rings. The number of amides is 2. The van der Waals surface area contributed by atoms with Crippen LogP contribution < -0.4 is 10.1 Å². The summed E-state index contributed by atoms with van der Waals surface area (Å²) in [5, 5.41) is 2.64. The summed E-state index contributed by atoms with van der Waals surface area (Å²) in [6.45, 7) is 1.65. The first-order valence-electron chi connectivity index (χ1n) is 8.04. The molecule has 0 aromatic heterocycles. The van der Waals surface area contributed by atoms with Gasteiger partial charge in [0.1, 0.15) is 0 Å². The van der Waals surface area contributed by atoms with E-state index in [0.29, 0.717) is 13.1 Å². The number of carbonyl (C=O) groups excluding carboxylic acids is 2. The molecule has 0 aliphatic carbocycles. The molecule has 1 aromatic rings. The minimum Gasteiger partial charge on any atom is -0.491 e. The van der Waals surface area contributed by atoms with Gasteiger partial charge in [-0.25, -0.2) is 8.78 Å². The minimum atomic E-state index is -0.822. The summed E-state index contributed by atoms with van der Waals surface area (Å²) in [6.07, 6.45) is 0.157. The SMILES string of the molecule is COc1c(F)cc(CNC(=O)[C@@H]2CC(=O)N(CCN(C)C)C2)cc1F. The first kappa shape index (κ1) is 19.1. The quantitative estimate of drug-likeness (QED) is 0.793. The van der Waals surface area contributed by atoms with Crippen LogP contribution in [0.5, 0.6) is 5.75 Å². The topological polar surface area (TPSA) is 61.9 Å². The first-order valence-corrected chi connectivity index (χ1v) is 8.04. The lowest BCUT2D eigenvalue weighted by Gasteiger charge is -2.19. The fourth-order valence-corrected chi connectivity index (χ4v) is 2.73. The van der Waals surface area contributed by atoms with Gasteiger partial charge in [0.25, 0.3) is 0 Å². The van der Waals surface area contributed by atoms with E-state index in [1.165, 1.54) is 7.11 Å². The smallest absolute Gasteiger partial charge is 0.225 e. The molecule has 1 aliphatic heterocycles. The van der Waals surface area contributed by atoms with Gasteiger partial charge in [-0.1, -0.05) is 0 Å². The van der Waals surface area contributed by atoms with Crippen LogP contribution in [-0.2, 0) is 16.1 Å². The normalized spacial score (nSPS) is 17.3. The molecule has 0 radical (unpaired) electrons. The highest BCUT2D eigenvalue weighted by Crippen LogP contribution is 2.23. The number of ether oxygens (including phenoxy) is 1. The molecular formula is C17H23F2N3O3. The molecule has 0 saturated carbocycles. The fourth-order valence-electron chi connectivity index (χ4n) is 2.73. The van der Waals surface area contributed by atoms with Crippen molar-refractivity contribution in [2.75, 3.05) is 40.8 Å². The number of likely N-dealkylation sites (tertiary alicyclic amines) is 1. The number of carbonyl (C=O) groups is 2. The van der Waals surface area contributed by atoms with Gasteiger partial charge in [0.05, 0.1) is 13.0 Å². The summed E-state index contributed by atoms with van der Waals surface area (Å²) >= 11 is 0. The van der Waals surface area contributed by atoms with Crippen molar-refractivity contribution < 1.29 is 23.1 Å². The largest absolute Gasteiger partial charge is 0.491 e. The molecule has 0 bridgehead atoms. The van der Waals surface area contributed by atoms with E-state index in [4.69, 9.17) is 0 Å². The standard InChI is InChI=1S/C17H23F2N3O3/c1-21(2)4-5-22-10-12(8-15(22)23)17(24)20-9-11-6-13(18)16(25-3)14(19)7-11/h6-7,12H,4-5,8-10H2,1-3H3,(H,20,24)/t12-/m1/s1. The van der Waals surface area contributed by atoms with E-state index in [2.05, 4.69) is 10.1 Å². The summed E-state index contributed by atoms with van der Waals surface area (Å²) in [5.41, 5.74) is 0.290. The average Bonchev–Trinajstić information content (AvgIpc) is 2.91. The zero-order valence-corrected chi connectivity index (χ0v) is 14.6. The molecule has 1 N–H and O–H groups in total. The van der Waals surface area contributed by atoms with Gasteiger partial charge in [0.15, 0.2) is 17.4 Å². The molecule has 25 heavy (non-hydrogen) atoms. The van der Waals surface area contributed by atoms with Gasteiger partial charge in [-0.15, -0.1) is 0 Å². The maximum absolute atomic E-state index is 13.7. The van der Waals surface area contributed by atoms with Crippen molar-refractivity contribution in [1.29, 1.82) is 0 Å². The van der Waals surface area contributed by atoms with Gasteiger partial charge >= 0.3 is 0 Å². The highest BCUT2D eigenvalue weighted by Gasteiger charge is 2.33.